The summed E-state index contributed by atoms with van der Waals surface area (Å²) in [6.07, 6.45) is 1.85. The number of sulfonamides is 1. The van der Waals surface area contributed by atoms with Gasteiger partial charge in [-0.2, -0.15) is 0 Å². The van der Waals surface area contributed by atoms with E-state index in [-0.39, 0.29) is 18.1 Å². The first kappa shape index (κ1) is 23.0. The molecule has 11 heteroatoms. The zero-order chi connectivity index (χ0) is 23.6. The van der Waals surface area contributed by atoms with Gasteiger partial charge in [0.1, 0.15) is 29.1 Å². The zero-order valence-corrected chi connectivity index (χ0v) is 18.1. The van der Waals surface area contributed by atoms with Crippen LogP contribution in [-0.4, -0.2) is 31.4 Å². The van der Waals surface area contributed by atoms with Crippen molar-refractivity contribution in [2.75, 3.05) is 23.1 Å². The van der Waals surface area contributed by atoms with Gasteiger partial charge in [-0.15, -0.1) is 0 Å². The largest absolute Gasteiger partial charge is 0.381 e. The van der Waals surface area contributed by atoms with E-state index >= 15 is 0 Å². The van der Waals surface area contributed by atoms with E-state index in [2.05, 4.69) is 15.2 Å². The molecule has 2 aromatic carbocycles. The third-order valence-electron chi connectivity index (χ3n) is 5.26. The predicted octanol–water partition coefficient (Wildman–Crippen LogP) is 4.26. The van der Waals surface area contributed by atoms with Gasteiger partial charge in [0.05, 0.1) is 6.20 Å². The van der Waals surface area contributed by atoms with Crippen LogP contribution in [0.2, 0.25) is 0 Å². The highest BCUT2D eigenvalue weighted by atomic mass is 32.2. The van der Waals surface area contributed by atoms with Gasteiger partial charge < -0.3 is 5.32 Å². The molecule has 6 nitrogen and oxygen atoms in total. The quantitative estimate of drug-likeness (QED) is 0.472. The predicted molar refractivity (Wildman–Crippen MR) is 115 cm³/mol. The Morgan fingerprint density at radius 2 is 1.70 bits per heavy atom. The lowest BCUT2D eigenvalue weighted by Gasteiger charge is -2.31. The van der Waals surface area contributed by atoms with Crippen molar-refractivity contribution in [3.63, 3.8) is 0 Å². The summed E-state index contributed by atoms with van der Waals surface area (Å²) in [6.45, 7) is 2.38. The van der Waals surface area contributed by atoms with E-state index in [0.717, 1.165) is 55.5 Å². The molecule has 33 heavy (non-hydrogen) atoms. The zero-order valence-electron chi connectivity index (χ0n) is 17.3. The molecular formula is C22H20F4N4O2S. The standard InChI is InChI=1S/C22H20F4N4O2S/c23-15-5-6-21(28-11-15)29-33(31,32)22-19(25)9-16(10-20(22)26)27-12-17-14(3-1-4-18(17)24)13-30-7-2-8-30/h1,3-6,9-11,27H,2,7-8,12-13H2,(H,28,29). The maximum atomic E-state index is 14.6. The van der Waals surface area contributed by atoms with Gasteiger partial charge in [0.2, 0.25) is 0 Å². The molecular weight excluding hydrogens is 460 g/mol. The van der Waals surface area contributed by atoms with Crippen LogP contribution in [0.3, 0.4) is 0 Å². The van der Waals surface area contributed by atoms with Crippen LogP contribution in [0, 0.1) is 23.3 Å². The van der Waals surface area contributed by atoms with E-state index in [0.29, 0.717) is 12.1 Å². The van der Waals surface area contributed by atoms with Crippen LogP contribution in [0.25, 0.3) is 0 Å². The Morgan fingerprint density at radius 1 is 0.970 bits per heavy atom. The SMILES string of the molecule is O=S(=O)(Nc1ccc(F)cn1)c1c(F)cc(NCc2c(F)cccc2CN2CCC2)cc1F. The van der Waals surface area contributed by atoms with E-state index in [9.17, 15) is 26.0 Å². The Hall–Kier alpha value is -3.18. The highest BCUT2D eigenvalue weighted by Crippen LogP contribution is 2.26. The number of hydrogen-bond donors (Lipinski definition) is 2. The third-order valence-corrected chi connectivity index (χ3v) is 6.67. The number of hydrogen-bond acceptors (Lipinski definition) is 5. The van der Waals surface area contributed by atoms with Crippen molar-refractivity contribution < 1.29 is 26.0 Å². The number of benzene rings is 2. The molecule has 0 atom stereocenters. The fraction of sp³-hybridized carbons (Fsp3) is 0.227. The maximum absolute atomic E-state index is 14.6. The molecule has 1 fully saturated rings. The Morgan fingerprint density at radius 3 is 2.30 bits per heavy atom. The Kier molecular flexibility index (Phi) is 6.52. The molecule has 0 aliphatic carbocycles. The molecule has 0 spiro atoms. The van der Waals surface area contributed by atoms with Gasteiger partial charge in [0.25, 0.3) is 10.0 Å². The molecule has 0 amide bonds. The van der Waals surface area contributed by atoms with Gasteiger partial charge >= 0.3 is 0 Å². The second kappa shape index (κ2) is 9.36. The van der Waals surface area contributed by atoms with E-state index < -0.39 is 38.2 Å². The summed E-state index contributed by atoms with van der Waals surface area (Å²) in [4.78, 5) is 4.46. The van der Waals surface area contributed by atoms with Crippen LogP contribution in [-0.2, 0) is 23.1 Å². The summed E-state index contributed by atoms with van der Waals surface area (Å²) in [5.41, 5.74) is 1.08. The minimum atomic E-state index is -4.67. The Bertz CT molecular complexity index is 1240. The van der Waals surface area contributed by atoms with Crippen LogP contribution in [0.5, 0.6) is 0 Å². The van der Waals surface area contributed by atoms with Crippen LogP contribution in [0.4, 0.5) is 29.1 Å². The van der Waals surface area contributed by atoms with Crippen LogP contribution < -0.4 is 10.0 Å². The monoisotopic (exact) mass is 480 g/mol. The lowest BCUT2D eigenvalue weighted by atomic mass is 10.0. The summed E-state index contributed by atoms with van der Waals surface area (Å²) in [5, 5.41) is 2.76. The topological polar surface area (TPSA) is 74.3 Å². The molecule has 174 valence electrons. The Labute approximate surface area is 188 Å². The molecule has 0 bridgehead atoms. The van der Waals surface area contributed by atoms with Crippen LogP contribution in [0.15, 0.2) is 53.6 Å². The van der Waals surface area contributed by atoms with E-state index in [1.807, 2.05) is 4.72 Å². The van der Waals surface area contributed by atoms with E-state index in [1.165, 1.54) is 6.07 Å². The fourth-order valence-electron chi connectivity index (χ4n) is 3.46. The molecule has 3 aromatic rings. The van der Waals surface area contributed by atoms with Crippen molar-refractivity contribution in [2.45, 2.75) is 24.4 Å². The highest BCUT2D eigenvalue weighted by molar-refractivity contribution is 7.92. The summed E-state index contributed by atoms with van der Waals surface area (Å²) < 4.78 is 83.4. The van der Waals surface area contributed by atoms with Crippen molar-refractivity contribution in [3.8, 4) is 0 Å². The first-order chi connectivity index (χ1) is 15.7. The normalized spacial score (nSPS) is 14.1. The molecule has 4 rings (SSSR count). The summed E-state index contributed by atoms with van der Waals surface area (Å²) >= 11 is 0. The number of likely N-dealkylation sites (tertiary alicyclic amines) is 1. The van der Waals surface area contributed by atoms with Crippen molar-refractivity contribution in [2.24, 2.45) is 0 Å². The highest BCUT2D eigenvalue weighted by Gasteiger charge is 2.26. The number of aromatic nitrogens is 1. The molecule has 0 unspecified atom stereocenters. The van der Waals surface area contributed by atoms with E-state index in [4.69, 9.17) is 0 Å². The smallest absolute Gasteiger partial charge is 0.268 e. The maximum Gasteiger partial charge on any atom is 0.268 e. The molecule has 2 N–H and O–H groups in total. The number of halogens is 4. The minimum absolute atomic E-state index is 0.0431. The van der Waals surface area contributed by atoms with Gasteiger partial charge in [0.15, 0.2) is 4.90 Å². The van der Waals surface area contributed by atoms with Gasteiger partial charge in [-0.05, 0) is 55.4 Å². The van der Waals surface area contributed by atoms with Gasteiger partial charge in [-0.25, -0.2) is 31.0 Å². The third kappa shape index (κ3) is 5.25. The second-order valence-corrected chi connectivity index (χ2v) is 9.22. The Balaban J connectivity index is 1.53. The molecule has 0 radical (unpaired) electrons. The van der Waals surface area contributed by atoms with Gasteiger partial charge in [-0.3, -0.25) is 9.62 Å². The lowest BCUT2D eigenvalue weighted by molar-refractivity contribution is 0.172. The van der Waals surface area contributed by atoms with Crippen molar-refractivity contribution in [3.05, 3.63) is 83.1 Å². The number of nitrogens with one attached hydrogen (secondary N) is 2. The van der Waals surface area contributed by atoms with Gasteiger partial charge in [0, 0.05) is 24.3 Å². The van der Waals surface area contributed by atoms with E-state index in [1.54, 1.807) is 12.1 Å². The van der Waals surface area contributed by atoms with Crippen molar-refractivity contribution >= 4 is 21.5 Å². The minimum Gasteiger partial charge on any atom is -0.381 e. The summed E-state index contributed by atoms with van der Waals surface area (Å²) in [7, 11) is -4.67. The van der Waals surface area contributed by atoms with Crippen LogP contribution >= 0.6 is 0 Å². The molecule has 2 heterocycles. The molecule has 1 aliphatic rings. The number of pyridine rings is 1. The average Bonchev–Trinajstić information content (AvgIpc) is 2.71. The number of rotatable bonds is 8. The molecule has 1 aliphatic heterocycles. The number of nitrogens with zero attached hydrogens (tertiary/aromatic N) is 2. The average molecular weight is 480 g/mol. The lowest BCUT2D eigenvalue weighted by Crippen LogP contribution is -2.36. The van der Waals surface area contributed by atoms with Crippen molar-refractivity contribution in [1.29, 1.82) is 0 Å². The number of anilines is 2. The second-order valence-electron chi connectivity index (χ2n) is 7.60. The van der Waals surface area contributed by atoms with Gasteiger partial charge in [-0.1, -0.05) is 12.1 Å². The summed E-state index contributed by atoms with van der Waals surface area (Å²) in [5.74, 6) is -4.14. The molecule has 0 saturated carbocycles. The fourth-order valence-corrected chi connectivity index (χ4v) is 4.59. The summed E-state index contributed by atoms with van der Waals surface area (Å²) in [6, 6.07) is 8.30. The first-order valence-electron chi connectivity index (χ1n) is 10.1. The first-order valence-corrected chi connectivity index (χ1v) is 11.6. The van der Waals surface area contributed by atoms with Crippen LogP contribution in [0.1, 0.15) is 17.5 Å². The molecule has 1 aromatic heterocycles. The van der Waals surface area contributed by atoms with Crippen molar-refractivity contribution in [1.82, 2.24) is 9.88 Å². The molecule has 1 saturated heterocycles.